The normalized spacial score (nSPS) is 11.1. The molecule has 0 aliphatic carbocycles. The summed E-state index contributed by atoms with van der Waals surface area (Å²) in [5.74, 6) is 0.358. The van der Waals surface area contributed by atoms with Crippen molar-refractivity contribution in [3.63, 3.8) is 0 Å². The highest BCUT2D eigenvalue weighted by atomic mass is 79.9. The van der Waals surface area contributed by atoms with Crippen LogP contribution in [0.5, 0.6) is 0 Å². The molecule has 0 fully saturated rings. The van der Waals surface area contributed by atoms with Gasteiger partial charge in [-0.3, -0.25) is 0 Å². The van der Waals surface area contributed by atoms with Crippen LogP contribution in [0.15, 0.2) is 40.4 Å². The van der Waals surface area contributed by atoms with E-state index in [1.54, 1.807) is 12.4 Å². The van der Waals surface area contributed by atoms with E-state index in [1.807, 2.05) is 6.07 Å². The number of fused-ring (bicyclic) bond motifs is 1. The van der Waals surface area contributed by atoms with Crippen LogP contribution in [0.2, 0.25) is 0 Å². The van der Waals surface area contributed by atoms with Gasteiger partial charge in [-0.05, 0) is 27.6 Å². The Morgan fingerprint density at radius 1 is 1.26 bits per heavy atom. The van der Waals surface area contributed by atoms with E-state index in [1.165, 1.54) is 24.2 Å². The smallest absolute Gasteiger partial charge is 0.181 e. The second kappa shape index (κ2) is 5.26. The maximum atomic E-state index is 13.4. The van der Waals surface area contributed by atoms with Gasteiger partial charge in [0.1, 0.15) is 22.7 Å². The van der Waals surface area contributed by atoms with Gasteiger partial charge in [0.2, 0.25) is 0 Å². The van der Waals surface area contributed by atoms with Gasteiger partial charge in [-0.1, -0.05) is 23.9 Å². The van der Waals surface area contributed by atoms with Gasteiger partial charge in [-0.15, -0.1) is 0 Å². The Morgan fingerprint density at radius 3 is 3.05 bits per heavy atom. The molecule has 0 aliphatic heterocycles. The van der Waals surface area contributed by atoms with Gasteiger partial charge in [0.15, 0.2) is 5.65 Å². The van der Waals surface area contributed by atoms with Gasteiger partial charge >= 0.3 is 0 Å². The Labute approximate surface area is 121 Å². The molecule has 0 bridgehead atoms. The van der Waals surface area contributed by atoms with Crippen LogP contribution in [0.1, 0.15) is 5.56 Å². The predicted molar refractivity (Wildman–Crippen MR) is 75.3 cm³/mol. The lowest BCUT2D eigenvalue weighted by molar-refractivity contribution is 0.619. The second-order valence-corrected chi connectivity index (χ2v) is 5.54. The molecule has 0 amide bonds. The Bertz CT molecular complexity index is 731. The topological polar surface area (TPSA) is 54.5 Å². The molecular formula is C12H8BrFN4S. The molecule has 3 rings (SSSR count). The fourth-order valence-electron chi connectivity index (χ4n) is 1.66. The number of benzene rings is 1. The number of hydrogen-bond donors (Lipinski definition) is 1. The zero-order valence-corrected chi connectivity index (χ0v) is 12.0. The highest BCUT2D eigenvalue weighted by Gasteiger charge is 2.09. The zero-order chi connectivity index (χ0) is 13.2. The highest BCUT2D eigenvalue weighted by molar-refractivity contribution is 9.10. The van der Waals surface area contributed by atoms with E-state index in [4.69, 9.17) is 0 Å². The van der Waals surface area contributed by atoms with Gasteiger partial charge in [0.25, 0.3) is 0 Å². The van der Waals surface area contributed by atoms with Crippen molar-refractivity contribution >= 4 is 38.9 Å². The molecule has 19 heavy (non-hydrogen) atoms. The summed E-state index contributed by atoms with van der Waals surface area (Å²) in [6, 6.07) is 5.00. The van der Waals surface area contributed by atoms with E-state index in [0.717, 1.165) is 16.1 Å². The Balaban J connectivity index is 1.86. The van der Waals surface area contributed by atoms with Gasteiger partial charge in [0.05, 0.1) is 10.8 Å². The molecule has 0 spiro atoms. The Kier molecular flexibility index (Phi) is 3.48. The summed E-state index contributed by atoms with van der Waals surface area (Å²) < 4.78 is 13.9. The van der Waals surface area contributed by atoms with Gasteiger partial charge in [-0.25, -0.2) is 19.3 Å². The van der Waals surface area contributed by atoms with Crippen LogP contribution in [0.4, 0.5) is 4.39 Å². The number of H-pyrrole nitrogens is 1. The van der Waals surface area contributed by atoms with Crippen molar-refractivity contribution in [1.82, 2.24) is 19.9 Å². The van der Waals surface area contributed by atoms with E-state index in [2.05, 4.69) is 35.9 Å². The Hall–Kier alpha value is -1.47. The lowest BCUT2D eigenvalue weighted by atomic mass is 10.2. The van der Waals surface area contributed by atoms with E-state index in [-0.39, 0.29) is 5.82 Å². The summed E-state index contributed by atoms with van der Waals surface area (Å²) in [5.41, 5.74) is 2.33. The quantitative estimate of drug-likeness (QED) is 0.586. The van der Waals surface area contributed by atoms with E-state index in [0.29, 0.717) is 15.9 Å². The van der Waals surface area contributed by atoms with Gasteiger partial charge in [0, 0.05) is 5.75 Å². The Morgan fingerprint density at radius 2 is 2.16 bits per heavy atom. The van der Waals surface area contributed by atoms with Crippen LogP contribution in [0.25, 0.3) is 11.2 Å². The van der Waals surface area contributed by atoms with Crippen molar-refractivity contribution in [3.05, 3.63) is 46.7 Å². The standard InChI is InChI=1S/C12H8BrFN4S/c13-9-7(2-1-3-8(9)14)4-19-12-10-11(16-5-15-10)17-6-18-12/h1-3,5-6H,4H2,(H,15,16,17,18). The summed E-state index contributed by atoms with van der Waals surface area (Å²) >= 11 is 4.77. The third kappa shape index (κ3) is 2.48. The number of hydrogen-bond acceptors (Lipinski definition) is 4. The van der Waals surface area contributed by atoms with Crippen LogP contribution >= 0.6 is 27.7 Å². The molecule has 0 unspecified atom stereocenters. The highest BCUT2D eigenvalue weighted by Crippen LogP contribution is 2.29. The lowest BCUT2D eigenvalue weighted by Crippen LogP contribution is -1.90. The first-order valence-electron chi connectivity index (χ1n) is 5.45. The third-order valence-electron chi connectivity index (χ3n) is 2.58. The first-order chi connectivity index (χ1) is 9.25. The first-order valence-corrected chi connectivity index (χ1v) is 7.23. The van der Waals surface area contributed by atoms with Crippen molar-refractivity contribution in [2.24, 2.45) is 0 Å². The monoisotopic (exact) mass is 338 g/mol. The molecule has 1 aromatic carbocycles. The molecule has 7 heteroatoms. The summed E-state index contributed by atoms with van der Waals surface area (Å²) in [6.45, 7) is 0. The number of aromatic amines is 1. The average molecular weight is 339 g/mol. The number of thioether (sulfide) groups is 1. The van der Waals surface area contributed by atoms with Crippen LogP contribution in [0, 0.1) is 5.82 Å². The number of imidazole rings is 1. The van der Waals surface area contributed by atoms with E-state index < -0.39 is 0 Å². The summed E-state index contributed by atoms with van der Waals surface area (Å²) in [4.78, 5) is 15.4. The van der Waals surface area contributed by atoms with Crippen LogP contribution in [0.3, 0.4) is 0 Å². The maximum absolute atomic E-state index is 13.4. The number of nitrogens with one attached hydrogen (secondary N) is 1. The molecular weight excluding hydrogens is 331 g/mol. The number of rotatable bonds is 3. The number of halogens is 2. The van der Waals surface area contributed by atoms with Crippen LogP contribution in [-0.4, -0.2) is 19.9 Å². The summed E-state index contributed by atoms with van der Waals surface area (Å²) in [7, 11) is 0. The summed E-state index contributed by atoms with van der Waals surface area (Å²) in [6.07, 6.45) is 3.06. The molecule has 0 radical (unpaired) electrons. The lowest BCUT2D eigenvalue weighted by Gasteiger charge is -2.05. The molecule has 0 saturated heterocycles. The SMILES string of the molecule is Fc1cccc(CSc2ncnc3nc[nH]c23)c1Br. The molecule has 0 aliphatic rings. The molecule has 0 saturated carbocycles. The average Bonchev–Trinajstić information content (AvgIpc) is 2.89. The van der Waals surface area contributed by atoms with Gasteiger partial charge < -0.3 is 4.98 Å². The van der Waals surface area contributed by atoms with E-state index >= 15 is 0 Å². The van der Waals surface area contributed by atoms with Crippen LogP contribution in [-0.2, 0) is 5.75 Å². The summed E-state index contributed by atoms with van der Waals surface area (Å²) in [5, 5.41) is 0.804. The minimum absolute atomic E-state index is 0.257. The molecule has 4 nitrogen and oxygen atoms in total. The van der Waals surface area contributed by atoms with Crippen molar-refractivity contribution in [3.8, 4) is 0 Å². The zero-order valence-electron chi connectivity index (χ0n) is 9.60. The molecule has 0 atom stereocenters. The minimum Gasteiger partial charge on any atom is -0.341 e. The first kappa shape index (κ1) is 12.6. The maximum Gasteiger partial charge on any atom is 0.181 e. The van der Waals surface area contributed by atoms with Gasteiger partial charge in [-0.2, -0.15) is 0 Å². The van der Waals surface area contributed by atoms with Crippen molar-refractivity contribution in [1.29, 1.82) is 0 Å². The second-order valence-electron chi connectivity index (χ2n) is 3.78. The largest absolute Gasteiger partial charge is 0.341 e. The predicted octanol–water partition coefficient (Wildman–Crippen LogP) is 3.55. The van der Waals surface area contributed by atoms with Crippen molar-refractivity contribution in [2.75, 3.05) is 0 Å². The molecule has 3 aromatic rings. The fourth-order valence-corrected chi connectivity index (χ4v) is 3.20. The van der Waals surface area contributed by atoms with Crippen molar-refractivity contribution in [2.45, 2.75) is 10.8 Å². The number of nitrogens with zero attached hydrogens (tertiary/aromatic N) is 3. The third-order valence-corrected chi connectivity index (χ3v) is 4.51. The minimum atomic E-state index is -0.257. The fraction of sp³-hybridized carbons (Fsp3) is 0.0833. The molecule has 2 aromatic heterocycles. The molecule has 96 valence electrons. The molecule has 2 heterocycles. The van der Waals surface area contributed by atoms with Crippen LogP contribution < -0.4 is 0 Å². The molecule has 1 N–H and O–H groups in total. The number of aromatic nitrogens is 4. The van der Waals surface area contributed by atoms with E-state index in [9.17, 15) is 4.39 Å². The van der Waals surface area contributed by atoms with Crippen molar-refractivity contribution < 1.29 is 4.39 Å².